The highest BCUT2D eigenvalue weighted by molar-refractivity contribution is 6.13. The molecule has 9 rings (SSSR count). The summed E-state index contributed by atoms with van der Waals surface area (Å²) < 4.78 is 6.79. The van der Waals surface area contributed by atoms with Crippen molar-refractivity contribution in [2.45, 2.75) is 0 Å². The number of nitrogens with zero attached hydrogens (tertiary/aromatic N) is 1. The second kappa shape index (κ2) is 11.8. The van der Waals surface area contributed by atoms with Gasteiger partial charge in [-0.15, -0.1) is 0 Å². The molecule has 1 aliphatic rings. The SMILES string of the molecule is c1ccc(-c2ccc(N(c3ccc(-c4ccccc4)cc3)c3ccc4c5c(c(-c6ccccc6)ccc35)Oc3ccccc3-4)cc2)cc1. The van der Waals surface area contributed by atoms with Gasteiger partial charge in [-0.25, -0.2) is 0 Å². The van der Waals surface area contributed by atoms with Gasteiger partial charge in [-0.05, 0) is 75.8 Å². The molecule has 0 saturated heterocycles. The first-order valence-electron chi connectivity index (χ1n) is 16.4. The fourth-order valence-electron chi connectivity index (χ4n) is 6.95. The van der Waals surface area contributed by atoms with Crippen LogP contribution < -0.4 is 9.64 Å². The molecule has 0 spiro atoms. The van der Waals surface area contributed by atoms with Gasteiger partial charge in [-0.1, -0.05) is 146 Å². The molecule has 0 bridgehead atoms. The van der Waals surface area contributed by atoms with Gasteiger partial charge < -0.3 is 9.64 Å². The van der Waals surface area contributed by atoms with E-state index in [9.17, 15) is 0 Å². The minimum Gasteiger partial charge on any atom is -0.455 e. The van der Waals surface area contributed by atoms with Crippen molar-refractivity contribution in [1.82, 2.24) is 0 Å². The minimum absolute atomic E-state index is 0.882. The smallest absolute Gasteiger partial charge is 0.143 e. The maximum atomic E-state index is 6.79. The fourth-order valence-corrected chi connectivity index (χ4v) is 6.95. The van der Waals surface area contributed by atoms with Gasteiger partial charge in [0.05, 0.1) is 5.69 Å². The third-order valence-electron chi connectivity index (χ3n) is 9.29. The minimum atomic E-state index is 0.882. The molecule has 2 heteroatoms. The van der Waals surface area contributed by atoms with Crippen LogP contribution in [0.1, 0.15) is 0 Å². The molecular weight excluding hydrogens is 583 g/mol. The Morgan fingerprint density at radius 3 is 1.40 bits per heavy atom. The molecule has 48 heavy (non-hydrogen) atoms. The van der Waals surface area contributed by atoms with Crippen LogP contribution in [0.5, 0.6) is 11.5 Å². The van der Waals surface area contributed by atoms with Crippen molar-refractivity contribution in [3.05, 3.63) is 188 Å². The van der Waals surface area contributed by atoms with E-state index in [1.165, 1.54) is 27.8 Å². The van der Waals surface area contributed by atoms with E-state index in [1.807, 2.05) is 6.07 Å². The van der Waals surface area contributed by atoms with Gasteiger partial charge >= 0.3 is 0 Å². The number of hydrogen-bond acceptors (Lipinski definition) is 2. The molecule has 0 aliphatic carbocycles. The topological polar surface area (TPSA) is 12.5 Å². The van der Waals surface area contributed by atoms with Crippen LogP contribution >= 0.6 is 0 Å². The zero-order chi connectivity index (χ0) is 31.9. The van der Waals surface area contributed by atoms with Gasteiger partial charge in [0.15, 0.2) is 0 Å². The van der Waals surface area contributed by atoms with Gasteiger partial charge in [0.25, 0.3) is 0 Å². The van der Waals surface area contributed by atoms with Crippen LogP contribution in [-0.2, 0) is 0 Å². The standard InChI is InChI=1S/C46H31NO/c1-4-12-32(13-5-1)34-20-24-37(25-21-34)47(38-26-22-35(23-27-38)33-14-6-2-7-15-33)43-31-30-41-40-18-10-11-19-44(40)48-46-39(28-29-42(43)45(41)46)36-16-8-3-9-17-36/h1-31H. The molecule has 0 aromatic heterocycles. The maximum Gasteiger partial charge on any atom is 0.143 e. The summed E-state index contributed by atoms with van der Waals surface area (Å²) in [6.07, 6.45) is 0. The van der Waals surface area contributed by atoms with Crippen LogP contribution in [0.25, 0.3) is 55.3 Å². The number of fused-ring (bicyclic) bond motifs is 2. The molecule has 1 aliphatic heterocycles. The molecule has 0 N–H and O–H groups in total. The Hall–Kier alpha value is -6.38. The summed E-state index contributed by atoms with van der Waals surface area (Å²) in [6.45, 7) is 0. The lowest BCUT2D eigenvalue weighted by Gasteiger charge is -2.30. The number of benzene rings is 8. The van der Waals surface area contributed by atoms with Gasteiger partial charge in [0.1, 0.15) is 11.5 Å². The molecule has 0 unspecified atom stereocenters. The van der Waals surface area contributed by atoms with Crippen LogP contribution in [0.15, 0.2) is 188 Å². The molecule has 0 atom stereocenters. The van der Waals surface area contributed by atoms with Crippen LogP contribution in [0.4, 0.5) is 17.1 Å². The number of anilines is 3. The summed E-state index contributed by atoms with van der Waals surface area (Å²) in [5, 5.41) is 2.26. The summed E-state index contributed by atoms with van der Waals surface area (Å²) in [5.74, 6) is 1.78. The third-order valence-corrected chi connectivity index (χ3v) is 9.29. The Balaban J connectivity index is 1.26. The number of ether oxygens (including phenoxy) is 1. The van der Waals surface area contributed by atoms with Crippen molar-refractivity contribution in [1.29, 1.82) is 0 Å². The summed E-state index contributed by atoms with van der Waals surface area (Å²) in [5.41, 5.74) is 12.6. The van der Waals surface area contributed by atoms with Crippen LogP contribution in [0.3, 0.4) is 0 Å². The van der Waals surface area contributed by atoms with Crippen LogP contribution in [0, 0.1) is 0 Å². The maximum absolute atomic E-state index is 6.79. The average Bonchev–Trinajstić information content (AvgIpc) is 3.17. The monoisotopic (exact) mass is 613 g/mol. The van der Waals surface area contributed by atoms with Crippen molar-refractivity contribution in [3.8, 4) is 56.0 Å². The van der Waals surface area contributed by atoms with E-state index in [0.29, 0.717) is 0 Å². The van der Waals surface area contributed by atoms with Crippen molar-refractivity contribution in [2.24, 2.45) is 0 Å². The lowest BCUT2D eigenvalue weighted by atomic mass is 9.90. The molecule has 2 nitrogen and oxygen atoms in total. The Labute approximate surface area is 280 Å². The van der Waals surface area contributed by atoms with Gasteiger partial charge in [-0.3, -0.25) is 0 Å². The predicted molar refractivity (Wildman–Crippen MR) is 200 cm³/mol. The first-order chi connectivity index (χ1) is 23.8. The number of hydrogen-bond donors (Lipinski definition) is 0. The zero-order valence-electron chi connectivity index (χ0n) is 26.3. The van der Waals surface area contributed by atoms with Crippen molar-refractivity contribution >= 4 is 27.8 Å². The van der Waals surface area contributed by atoms with E-state index in [1.54, 1.807) is 0 Å². The second-order valence-corrected chi connectivity index (χ2v) is 12.1. The largest absolute Gasteiger partial charge is 0.455 e. The van der Waals surface area contributed by atoms with Crippen LogP contribution in [0.2, 0.25) is 0 Å². The Morgan fingerprint density at radius 1 is 0.333 bits per heavy atom. The lowest BCUT2D eigenvalue weighted by Crippen LogP contribution is -2.11. The van der Waals surface area contributed by atoms with E-state index in [2.05, 4.69) is 187 Å². The summed E-state index contributed by atoms with van der Waals surface area (Å²) >= 11 is 0. The lowest BCUT2D eigenvalue weighted by molar-refractivity contribution is 0.489. The van der Waals surface area contributed by atoms with Crippen molar-refractivity contribution in [2.75, 3.05) is 4.90 Å². The van der Waals surface area contributed by atoms with E-state index in [0.717, 1.165) is 56.0 Å². The summed E-state index contributed by atoms with van der Waals surface area (Å²) in [6, 6.07) is 66.7. The second-order valence-electron chi connectivity index (χ2n) is 12.1. The molecule has 0 radical (unpaired) electrons. The molecule has 0 amide bonds. The molecule has 0 saturated carbocycles. The molecule has 226 valence electrons. The predicted octanol–water partition coefficient (Wildman–Crippen LogP) is 13.1. The fraction of sp³-hybridized carbons (Fsp3) is 0. The van der Waals surface area contributed by atoms with Crippen LogP contribution in [-0.4, -0.2) is 0 Å². The Kier molecular flexibility index (Phi) is 6.84. The third kappa shape index (κ3) is 4.83. The van der Waals surface area contributed by atoms with E-state index in [-0.39, 0.29) is 0 Å². The highest BCUT2D eigenvalue weighted by atomic mass is 16.5. The van der Waals surface area contributed by atoms with Crippen molar-refractivity contribution in [3.63, 3.8) is 0 Å². The average molecular weight is 614 g/mol. The normalized spacial score (nSPS) is 11.5. The quantitative estimate of drug-likeness (QED) is 0.185. The van der Waals surface area contributed by atoms with E-state index < -0.39 is 0 Å². The van der Waals surface area contributed by atoms with E-state index >= 15 is 0 Å². The molecule has 8 aromatic carbocycles. The molecule has 1 heterocycles. The number of para-hydroxylation sites is 1. The van der Waals surface area contributed by atoms with Gasteiger partial charge in [0, 0.05) is 33.3 Å². The highest BCUT2D eigenvalue weighted by Crippen LogP contribution is 2.53. The summed E-state index contributed by atoms with van der Waals surface area (Å²) in [4.78, 5) is 2.37. The Bertz CT molecular complexity index is 2300. The van der Waals surface area contributed by atoms with Gasteiger partial charge in [0.2, 0.25) is 0 Å². The molecular formula is C46H31NO. The summed E-state index contributed by atoms with van der Waals surface area (Å²) in [7, 11) is 0. The first-order valence-corrected chi connectivity index (χ1v) is 16.4. The Morgan fingerprint density at radius 2 is 0.812 bits per heavy atom. The number of rotatable bonds is 6. The van der Waals surface area contributed by atoms with Crippen molar-refractivity contribution < 1.29 is 4.74 Å². The molecule has 8 aromatic rings. The van der Waals surface area contributed by atoms with Gasteiger partial charge in [-0.2, -0.15) is 0 Å². The zero-order valence-corrected chi connectivity index (χ0v) is 26.3. The highest BCUT2D eigenvalue weighted by Gasteiger charge is 2.26. The molecule has 0 fully saturated rings. The first kappa shape index (κ1) is 27.9. The van der Waals surface area contributed by atoms with E-state index in [4.69, 9.17) is 4.74 Å².